The molecular formula is C28H36ClF2N3O5S. The van der Waals surface area contributed by atoms with Gasteiger partial charge in [0, 0.05) is 24.7 Å². The lowest BCUT2D eigenvalue weighted by atomic mass is 9.90. The summed E-state index contributed by atoms with van der Waals surface area (Å²) in [5.74, 6) is -4.06. The molecule has 1 amide bonds. The first kappa shape index (κ1) is 30.5. The van der Waals surface area contributed by atoms with Crippen molar-refractivity contribution in [2.45, 2.75) is 67.8 Å². The minimum absolute atomic E-state index is 0.0272. The van der Waals surface area contributed by atoms with E-state index in [-0.39, 0.29) is 34.8 Å². The van der Waals surface area contributed by atoms with Crippen molar-refractivity contribution in [3.63, 3.8) is 0 Å². The molecule has 0 radical (unpaired) electrons. The van der Waals surface area contributed by atoms with Crippen LogP contribution in [0, 0.1) is 5.92 Å². The average molecular weight is 600 g/mol. The number of halogens is 3. The van der Waals surface area contributed by atoms with Crippen LogP contribution < -0.4 is 19.9 Å². The summed E-state index contributed by atoms with van der Waals surface area (Å²) in [5.41, 5.74) is 5.30. The van der Waals surface area contributed by atoms with Crippen molar-refractivity contribution >= 4 is 27.5 Å². The molecule has 2 fully saturated rings. The van der Waals surface area contributed by atoms with Crippen molar-refractivity contribution in [3.8, 4) is 11.5 Å². The van der Waals surface area contributed by atoms with Crippen molar-refractivity contribution in [2.75, 3.05) is 26.8 Å². The van der Waals surface area contributed by atoms with Crippen LogP contribution in [0.15, 0.2) is 47.4 Å². The van der Waals surface area contributed by atoms with Gasteiger partial charge in [-0.15, -0.1) is 0 Å². The highest BCUT2D eigenvalue weighted by Gasteiger charge is 2.50. The Morgan fingerprint density at radius 3 is 2.38 bits per heavy atom. The van der Waals surface area contributed by atoms with E-state index in [0.29, 0.717) is 31.1 Å². The number of amides is 1. The third-order valence-electron chi connectivity index (χ3n) is 7.61. The van der Waals surface area contributed by atoms with Crippen LogP contribution in [-0.2, 0) is 20.7 Å². The number of piperidine rings is 1. The molecule has 2 aromatic carbocycles. The number of hydrogen-bond donors (Lipinski definition) is 2. The Labute approximate surface area is 239 Å². The fourth-order valence-electron chi connectivity index (χ4n) is 5.12. The zero-order valence-electron chi connectivity index (χ0n) is 22.5. The van der Waals surface area contributed by atoms with E-state index in [0.717, 1.165) is 25.0 Å². The molecule has 0 spiro atoms. The topological polar surface area (TPSA) is 111 Å². The van der Waals surface area contributed by atoms with E-state index in [4.69, 9.17) is 26.8 Å². The number of carbonyl (C=O) groups excluding carboxylic acids is 1. The second-order valence-electron chi connectivity index (χ2n) is 10.5. The Balaban J connectivity index is 1.57. The van der Waals surface area contributed by atoms with Crippen LogP contribution in [-0.4, -0.2) is 58.1 Å². The largest absolute Gasteiger partial charge is 0.495 e. The SMILES string of the molecule is COc1cc(C(F)(F)C(NS(=O)(=O)c2ccc(OCC3CCCCC3)cc2)C(=O)N2CCC(N)CC2)ccc1Cl. The summed E-state index contributed by atoms with van der Waals surface area (Å²) in [4.78, 5) is 14.4. The van der Waals surface area contributed by atoms with Crippen molar-refractivity contribution < 1.29 is 31.5 Å². The van der Waals surface area contributed by atoms with Gasteiger partial charge in [-0.1, -0.05) is 36.9 Å². The van der Waals surface area contributed by atoms with E-state index in [2.05, 4.69) is 0 Å². The van der Waals surface area contributed by atoms with Gasteiger partial charge in [0.05, 0.1) is 23.6 Å². The number of ether oxygens (including phenoxy) is 2. The maximum atomic E-state index is 16.0. The Kier molecular flexibility index (Phi) is 9.92. The highest BCUT2D eigenvalue weighted by atomic mass is 35.5. The Morgan fingerprint density at radius 2 is 1.75 bits per heavy atom. The van der Waals surface area contributed by atoms with Gasteiger partial charge in [-0.3, -0.25) is 4.79 Å². The van der Waals surface area contributed by atoms with Crippen LogP contribution in [0.25, 0.3) is 0 Å². The quantitative estimate of drug-likeness (QED) is 0.410. The lowest BCUT2D eigenvalue weighted by Gasteiger charge is -2.35. The molecular weight excluding hydrogens is 564 g/mol. The molecule has 1 saturated carbocycles. The summed E-state index contributed by atoms with van der Waals surface area (Å²) in [6.07, 6.45) is 6.63. The zero-order chi connectivity index (χ0) is 28.9. The zero-order valence-corrected chi connectivity index (χ0v) is 24.0. The first-order valence-electron chi connectivity index (χ1n) is 13.5. The number of rotatable bonds is 10. The standard InChI is InChI=1S/C28H36ClF2N3O5S/c1-38-25-17-20(7-12-24(25)29)28(30,31)26(27(35)34-15-13-21(32)14-16-34)33-40(36,37)23-10-8-22(9-11-23)39-18-19-5-3-2-4-6-19/h7-12,17,19,21,26,33H,2-6,13-16,18,32H2,1H3. The molecule has 3 N–H and O–H groups in total. The minimum Gasteiger partial charge on any atom is -0.495 e. The number of carbonyl (C=O) groups is 1. The normalized spacial score (nSPS) is 18.4. The van der Waals surface area contributed by atoms with E-state index < -0.39 is 33.5 Å². The number of likely N-dealkylation sites (tertiary alicyclic amines) is 1. The van der Waals surface area contributed by atoms with E-state index >= 15 is 8.78 Å². The molecule has 1 atom stereocenters. The van der Waals surface area contributed by atoms with Crippen LogP contribution in [0.3, 0.4) is 0 Å². The summed E-state index contributed by atoms with van der Waals surface area (Å²) >= 11 is 6.01. The molecule has 4 rings (SSSR count). The summed E-state index contributed by atoms with van der Waals surface area (Å²) < 4.78 is 71.6. The molecule has 0 bridgehead atoms. The van der Waals surface area contributed by atoms with Gasteiger partial charge in [-0.05, 0) is 68.0 Å². The lowest BCUT2D eigenvalue weighted by Crippen LogP contribution is -2.58. The van der Waals surface area contributed by atoms with E-state index in [9.17, 15) is 13.2 Å². The molecule has 2 aliphatic rings. The molecule has 220 valence electrons. The maximum Gasteiger partial charge on any atom is 0.298 e. The fourth-order valence-corrected chi connectivity index (χ4v) is 6.51. The van der Waals surface area contributed by atoms with Crippen LogP contribution in [0.1, 0.15) is 50.5 Å². The Hall–Kier alpha value is -2.47. The van der Waals surface area contributed by atoms with Gasteiger partial charge in [0.25, 0.3) is 5.92 Å². The highest BCUT2D eigenvalue weighted by Crippen LogP contribution is 2.38. The van der Waals surface area contributed by atoms with E-state index in [1.165, 1.54) is 61.6 Å². The van der Waals surface area contributed by atoms with Crippen molar-refractivity contribution in [3.05, 3.63) is 53.1 Å². The molecule has 1 heterocycles. The lowest BCUT2D eigenvalue weighted by molar-refractivity contribution is -0.145. The molecule has 1 aliphatic carbocycles. The average Bonchev–Trinajstić information content (AvgIpc) is 2.95. The van der Waals surface area contributed by atoms with Gasteiger partial charge in [-0.2, -0.15) is 13.5 Å². The number of benzene rings is 2. The van der Waals surface area contributed by atoms with Crippen molar-refractivity contribution in [1.82, 2.24) is 9.62 Å². The first-order chi connectivity index (χ1) is 19.0. The van der Waals surface area contributed by atoms with Crippen LogP contribution in [0.5, 0.6) is 11.5 Å². The van der Waals surface area contributed by atoms with E-state index in [1.807, 2.05) is 4.72 Å². The number of nitrogens with one attached hydrogen (secondary N) is 1. The molecule has 1 saturated heterocycles. The van der Waals surface area contributed by atoms with Gasteiger partial charge < -0.3 is 20.1 Å². The van der Waals surface area contributed by atoms with Gasteiger partial charge in [-0.25, -0.2) is 8.42 Å². The summed E-state index contributed by atoms with van der Waals surface area (Å²) in [5, 5.41) is 0.0984. The monoisotopic (exact) mass is 599 g/mol. The number of hydrogen-bond acceptors (Lipinski definition) is 6. The molecule has 0 aromatic heterocycles. The van der Waals surface area contributed by atoms with Gasteiger partial charge in [0.1, 0.15) is 11.5 Å². The number of methoxy groups -OCH3 is 1. The molecule has 2 aromatic rings. The second kappa shape index (κ2) is 13.0. The molecule has 12 heteroatoms. The van der Waals surface area contributed by atoms with Crippen LogP contribution >= 0.6 is 11.6 Å². The van der Waals surface area contributed by atoms with E-state index in [1.54, 1.807) is 0 Å². The number of nitrogens with zero attached hydrogens (tertiary/aromatic N) is 1. The third-order valence-corrected chi connectivity index (χ3v) is 9.37. The van der Waals surface area contributed by atoms with Gasteiger partial charge in [0.15, 0.2) is 6.04 Å². The van der Waals surface area contributed by atoms with Gasteiger partial charge in [0.2, 0.25) is 15.9 Å². The molecule has 8 nitrogen and oxygen atoms in total. The Morgan fingerprint density at radius 1 is 1.10 bits per heavy atom. The predicted octanol–water partition coefficient (Wildman–Crippen LogP) is 4.70. The fraction of sp³-hybridized carbons (Fsp3) is 0.536. The summed E-state index contributed by atoms with van der Waals surface area (Å²) in [6.45, 7) is 0.827. The smallest absolute Gasteiger partial charge is 0.298 e. The van der Waals surface area contributed by atoms with Crippen molar-refractivity contribution in [1.29, 1.82) is 0 Å². The summed E-state index contributed by atoms with van der Waals surface area (Å²) in [6, 6.07) is 6.23. The molecule has 1 aliphatic heterocycles. The third kappa shape index (κ3) is 7.23. The van der Waals surface area contributed by atoms with Crippen LogP contribution in [0.2, 0.25) is 5.02 Å². The number of sulfonamides is 1. The highest BCUT2D eigenvalue weighted by molar-refractivity contribution is 7.89. The molecule has 1 unspecified atom stereocenters. The first-order valence-corrected chi connectivity index (χ1v) is 15.4. The van der Waals surface area contributed by atoms with Crippen molar-refractivity contribution in [2.24, 2.45) is 11.7 Å². The minimum atomic E-state index is -4.54. The molecule has 40 heavy (non-hydrogen) atoms. The number of alkyl halides is 2. The number of nitrogens with two attached hydrogens (primary N) is 1. The Bertz CT molecular complexity index is 1270. The predicted molar refractivity (Wildman–Crippen MR) is 148 cm³/mol. The van der Waals surface area contributed by atoms with Gasteiger partial charge >= 0.3 is 0 Å². The second-order valence-corrected chi connectivity index (χ2v) is 12.6. The summed E-state index contributed by atoms with van der Waals surface area (Å²) in [7, 11) is -3.26. The maximum absolute atomic E-state index is 16.0. The van der Waals surface area contributed by atoms with Crippen LogP contribution in [0.4, 0.5) is 8.78 Å².